The van der Waals surface area contributed by atoms with Gasteiger partial charge in [-0.1, -0.05) is 30.3 Å². The molecule has 0 aliphatic heterocycles. The summed E-state index contributed by atoms with van der Waals surface area (Å²) in [5.74, 6) is -0.452. The summed E-state index contributed by atoms with van der Waals surface area (Å²) in [7, 11) is 0. The maximum absolute atomic E-state index is 11.4. The summed E-state index contributed by atoms with van der Waals surface area (Å²) in [6.07, 6.45) is 1.98. The van der Waals surface area contributed by atoms with E-state index >= 15 is 0 Å². The average Bonchev–Trinajstić information content (AvgIpc) is 2.34. The molecular formula is C14H20N2O2. The third-order valence-corrected chi connectivity index (χ3v) is 2.96. The van der Waals surface area contributed by atoms with E-state index in [4.69, 9.17) is 5.73 Å². The van der Waals surface area contributed by atoms with E-state index < -0.39 is 11.9 Å². The fraction of sp³-hybridized carbons (Fsp3) is 0.429. The van der Waals surface area contributed by atoms with Crippen molar-refractivity contribution in [3.8, 4) is 0 Å². The highest BCUT2D eigenvalue weighted by atomic mass is 16.2. The summed E-state index contributed by atoms with van der Waals surface area (Å²) in [4.78, 5) is 23.9. The summed E-state index contributed by atoms with van der Waals surface area (Å²) in [5.41, 5.74) is 6.51. The number of nitrogens with zero attached hydrogens (tertiary/aromatic N) is 1. The van der Waals surface area contributed by atoms with Gasteiger partial charge in [0.15, 0.2) is 0 Å². The van der Waals surface area contributed by atoms with Gasteiger partial charge in [0.2, 0.25) is 12.3 Å². The second-order valence-corrected chi connectivity index (χ2v) is 4.59. The van der Waals surface area contributed by atoms with Gasteiger partial charge in [0, 0.05) is 6.04 Å². The minimum absolute atomic E-state index is 0.0317. The zero-order valence-electron chi connectivity index (χ0n) is 10.9. The van der Waals surface area contributed by atoms with Crippen LogP contribution in [-0.2, 0) is 16.0 Å². The molecule has 1 rings (SSSR count). The van der Waals surface area contributed by atoms with Crippen molar-refractivity contribution in [2.24, 2.45) is 5.73 Å². The van der Waals surface area contributed by atoms with Gasteiger partial charge in [0.1, 0.15) is 6.04 Å². The van der Waals surface area contributed by atoms with Crippen molar-refractivity contribution in [2.45, 2.75) is 38.8 Å². The molecule has 0 spiro atoms. The van der Waals surface area contributed by atoms with Crippen LogP contribution in [0.5, 0.6) is 0 Å². The summed E-state index contributed by atoms with van der Waals surface area (Å²) < 4.78 is 0. The lowest BCUT2D eigenvalue weighted by Gasteiger charge is -2.29. The Morgan fingerprint density at radius 1 is 1.33 bits per heavy atom. The maximum atomic E-state index is 11.4. The number of hydrogen-bond donors (Lipinski definition) is 1. The SMILES string of the molecule is CC(C)N(C=O)C(CCc1ccccc1)C(N)=O. The molecule has 1 aromatic rings. The van der Waals surface area contributed by atoms with Crippen LogP contribution in [0.3, 0.4) is 0 Å². The molecule has 4 nitrogen and oxygen atoms in total. The van der Waals surface area contributed by atoms with Crippen LogP contribution in [0.25, 0.3) is 0 Å². The molecule has 4 heteroatoms. The lowest BCUT2D eigenvalue weighted by atomic mass is 10.0. The van der Waals surface area contributed by atoms with E-state index in [9.17, 15) is 9.59 Å². The van der Waals surface area contributed by atoms with E-state index in [2.05, 4.69) is 0 Å². The maximum Gasteiger partial charge on any atom is 0.240 e. The quantitative estimate of drug-likeness (QED) is 0.740. The Bertz CT molecular complexity index is 390. The van der Waals surface area contributed by atoms with Gasteiger partial charge in [0.05, 0.1) is 0 Å². The number of nitrogens with two attached hydrogens (primary N) is 1. The van der Waals surface area contributed by atoms with Gasteiger partial charge >= 0.3 is 0 Å². The van der Waals surface area contributed by atoms with Crippen molar-refractivity contribution >= 4 is 12.3 Å². The second kappa shape index (κ2) is 6.79. The van der Waals surface area contributed by atoms with E-state index in [1.54, 1.807) is 0 Å². The smallest absolute Gasteiger partial charge is 0.240 e. The number of carbonyl (C=O) groups is 2. The Morgan fingerprint density at radius 2 is 1.94 bits per heavy atom. The van der Waals surface area contributed by atoms with Gasteiger partial charge in [-0.3, -0.25) is 9.59 Å². The predicted octanol–water partition coefficient (Wildman–Crippen LogP) is 1.34. The molecule has 1 aromatic carbocycles. The lowest BCUT2D eigenvalue weighted by molar-refractivity contribution is -0.132. The topological polar surface area (TPSA) is 63.4 Å². The molecule has 98 valence electrons. The third kappa shape index (κ3) is 3.87. The van der Waals surface area contributed by atoms with Crippen LogP contribution in [-0.4, -0.2) is 29.3 Å². The molecule has 2 amide bonds. The average molecular weight is 248 g/mol. The molecule has 0 saturated heterocycles. The van der Waals surface area contributed by atoms with Gasteiger partial charge in [0.25, 0.3) is 0 Å². The zero-order chi connectivity index (χ0) is 13.5. The van der Waals surface area contributed by atoms with Crippen LogP contribution >= 0.6 is 0 Å². The molecule has 1 atom stereocenters. The fourth-order valence-corrected chi connectivity index (χ4v) is 1.94. The molecule has 0 bridgehead atoms. The molecule has 1 unspecified atom stereocenters. The highest BCUT2D eigenvalue weighted by molar-refractivity contribution is 5.82. The van der Waals surface area contributed by atoms with Crippen LogP contribution in [0.4, 0.5) is 0 Å². The number of amides is 2. The lowest BCUT2D eigenvalue weighted by Crippen LogP contribution is -2.47. The van der Waals surface area contributed by atoms with Crippen molar-refractivity contribution in [1.29, 1.82) is 0 Å². The van der Waals surface area contributed by atoms with E-state index in [0.29, 0.717) is 12.8 Å². The number of hydrogen-bond acceptors (Lipinski definition) is 2. The van der Waals surface area contributed by atoms with E-state index in [-0.39, 0.29) is 6.04 Å². The van der Waals surface area contributed by atoms with Crippen molar-refractivity contribution in [1.82, 2.24) is 4.90 Å². The second-order valence-electron chi connectivity index (χ2n) is 4.59. The summed E-state index contributed by atoms with van der Waals surface area (Å²) in [6.45, 7) is 3.74. The first-order valence-corrected chi connectivity index (χ1v) is 6.12. The third-order valence-electron chi connectivity index (χ3n) is 2.96. The van der Waals surface area contributed by atoms with Crippen molar-refractivity contribution in [3.63, 3.8) is 0 Å². The molecule has 0 fully saturated rings. The summed E-state index contributed by atoms with van der Waals surface area (Å²) in [6, 6.07) is 9.28. The van der Waals surface area contributed by atoms with Crippen LogP contribution in [0, 0.1) is 0 Å². The Hall–Kier alpha value is -1.84. The number of carbonyl (C=O) groups excluding carboxylic acids is 2. The molecule has 2 N–H and O–H groups in total. The first-order chi connectivity index (χ1) is 8.56. The minimum Gasteiger partial charge on any atom is -0.368 e. The standard InChI is InChI=1S/C14H20N2O2/c1-11(2)16(10-17)13(14(15)18)9-8-12-6-4-3-5-7-12/h3-7,10-11,13H,8-9H2,1-2H3,(H2,15,18). The molecule has 0 heterocycles. The van der Waals surface area contributed by atoms with Crippen molar-refractivity contribution < 1.29 is 9.59 Å². The Balaban J connectivity index is 2.69. The normalized spacial score (nSPS) is 12.2. The van der Waals surface area contributed by atoms with Crippen LogP contribution in [0.15, 0.2) is 30.3 Å². The number of aryl methyl sites for hydroxylation is 1. The Labute approximate surface area is 108 Å². The minimum atomic E-state index is -0.539. The Morgan fingerprint density at radius 3 is 2.39 bits per heavy atom. The fourth-order valence-electron chi connectivity index (χ4n) is 1.94. The molecule has 0 aliphatic rings. The molecule has 0 radical (unpaired) electrons. The van der Waals surface area contributed by atoms with Gasteiger partial charge in [-0.05, 0) is 32.3 Å². The monoisotopic (exact) mass is 248 g/mol. The van der Waals surface area contributed by atoms with Gasteiger partial charge < -0.3 is 10.6 Å². The molecule has 0 aliphatic carbocycles. The number of rotatable bonds is 7. The molecular weight excluding hydrogens is 228 g/mol. The van der Waals surface area contributed by atoms with E-state index in [1.165, 1.54) is 4.90 Å². The molecule has 18 heavy (non-hydrogen) atoms. The van der Waals surface area contributed by atoms with Crippen LogP contribution in [0.1, 0.15) is 25.8 Å². The highest BCUT2D eigenvalue weighted by Gasteiger charge is 2.24. The summed E-state index contributed by atoms with van der Waals surface area (Å²) >= 11 is 0. The highest BCUT2D eigenvalue weighted by Crippen LogP contribution is 2.11. The van der Waals surface area contributed by atoms with E-state index in [0.717, 1.165) is 12.0 Å². The first kappa shape index (κ1) is 14.2. The molecule has 0 aromatic heterocycles. The summed E-state index contributed by atoms with van der Waals surface area (Å²) in [5, 5.41) is 0. The van der Waals surface area contributed by atoms with E-state index in [1.807, 2.05) is 44.2 Å². The molecule has 0 saturated carbocycles. The van der Waals surface area contributed by atoms with Gasteiger partial charge in [-0.2, -0.15) is 0 Å². The first-order valence-electron chi connectivity index (χ1n) is 6.12. The predicted molar refractivity (Wildman–Crippen MR) is 70.8 cm³/mol. The van der Waals surface area contributed by atoms with Crippen molar-refractivity contribution in [2.75, 3.05) is 0 Å². The van der Waals surface area contributed by atoms with Crippen LogP contribution < -0.4 is 5.73 Å². The van der Waals surface area contributed by atoms with Crippen LogP contribution in [0.2, 0.25) is 0 Å². The Kier molecular flexibility index (Phi) is 5.36. The number of benzene rings is 1. The van der Waals surface area contributed by atoms with Gasteiger partial charge in [-0.15, -0.1) is 0 Å². The zero-order valence-corrected chi connectivity index (χ0v) is 10.9. The largest absolute Gasteiger partial charge is 0.368 e. The van der Waals surface area contributed by atoms with Gasteiger partial charge in [-0.25, -0.2) is 0 Å². The van der Waals surface area contributed by atoms with Crippen molar-refractivity contribution in [3.05, 3.63) is 35.9 Å². The number of primary amides is 1.